The maximum absolute atomic E-state index is 14.9. The zero-order valence-corrected chi connectivity index (χ0v) is 20.2. The predicted octanol–water partition coefficient (Wildman–Crippen LogP) is 3.57. The van der Waals surface area contributed by atoms with Crippen LogP contribution in [0.15, 0.2) is 12.1 Å². The van der Waals surface area contributed by atoms with E-state index >= 15 is 0 Å². The largest absolute Gasteiger partial charge is 0.372 e. The molecule has 0 radical (unpaired) electrons. The first-order chi connectivity index (χ1) is 14.3. The molecular weight excluding hydrogens is 421 g/mol. The number of carbonyl (C=O) groups excluding carboxylic acids is 1. The van der Waals surface area contributed by atoms with Crippen LogP contribution in [0.25, 0.3) is 0 Å². The number of morpholine rings is 1. The Morgan fingerprint density at radius 1 is 1.19 bits per heavy atom. The summed E-state index contributed by atoms with van der Waals surface area (Å²) < 4.78 is 46.3. The predicted molar refractivity (Wildman–Crippen MR) is 123 cm³/mol. The van der Waals surface area contributed by atoms with Crippen LogP contribution in [0.5, 0.6) is 0 Å². The standard InChI is InChI=1S/C22H36FN3O4S/c1-15-13-26(14-16(2)30-15)19-11-10-18(21(23)17(19)3)25-20(27)9-7-8-12-24-31(28,29)22(4,5)6/h10-11,15-16,24H,7-9,12-14H2,1-6H3,(H,25,27). The summed E-state index contributed by atoms with van der Waals surface area (Å²) in [6, 6.07) is 3.43. The summed E-state index contributed by atoms with van der Waals surface area (Å²) in [5, 5.41) is 2.63. The molecule has 1 amide bonds. The van der Waals surface area contributed by atoms with Crippen LogP contribution in [0.3, 0.4) is 0 Å². The monoisotopic (exact) mass is 457 g/mol. The van der Waals surface area contributed by atoms with Crippen LogP contribution in [0, 0.1) is 12.7 Å². The van der Waals surface area contributed by atoms with Crippen molar-refractivity contribution in [1.29, 1.82) is 0 Å². The number of nitrogens with zero attached hydrogens (tertiary/aromatic N) is 1. The lowest BCUT2D eigenvalue weighted by atomic mass is 10.1. The van der Waals surface area contributed by atoms with Crippen LogP contribution in [0.1, 0.15) is 59.4 Å². The van der Waals surface area contributed by atoms with Crippen LogP contribution in [-0.4, -0.2) is 50.9 Å². The molecule has 1 aromatic rings. The third-order valence-corrected chi connectivity index (χ3v) is 7.52. The van der Waals surface area contributed by atoms with Crippen LogP contribution in [0.2, 0.25) is 0 Å². The van der Waals surface area contributed by atoms with Crippen molar-refractivity contribution in [3.05, 3.63) is 23.5 Å². The van der Waals surface area contributed by atoms with E-state index in [9.17, 15) is 17.6 Å². The van der Waals surface area contributed by atoms with Crippen LogP contribution in [0.4, 0.5) is 15.8 Å². The Morgan fingerprint density at radius 3 is 2.39 bits per heavy atom. The summed E-state index contributed by atoms with van der Waals surface area (Å²) in [4.78, 5) is 14.3. The van der Waals surface area contributed by atoms with Crippen LogP contribution in [-0.2, 0) is 19.6 Å². The minimum atomic E-state index is -3.39. The molecule has 2 unspecified atom stereocenters. The van der Waals surface area contributed by atoms with E-state index in [0.29, 0.717) is 31.5 Å². The zero-order chi connectivity index (χ0) is 23.4. The number of benzene rings is 1. The molecule has 2 atom stereocenters. The number of unbranched alkanes of at least 4 members (excludes halogenated alkanes) is 1. The second kappa shape index (κ2) is 10.3. The highest BCUT2D eigenvalue weighted by atomic mass is 32.2. The molecule has 9 heteroatoms. The van der Waals surface area contributed by atoms with Crippen LogP contribution < -0.4 is 14.9 Å². The van der Waals surface area contributed by atoms with Gasteiger partial charge in [-0.3, -0.25) is 4.79 Å². The maximum atomic E-state index is 14.9. The van der Waals surface area contributed by atoms with E-state index < -0.39 is 20.6 Å². The van der Waals surface area contributed by atoms with Crippen LogP contribution >= 0.6 is 0 Å². The molecule has 1 heterocycles. The first kappa shape index (κ1) is 25.5. The number of nitrogens with one attached hydrogen (secondary N) is 2. The molecule has 2 N–H and O–H groups in total. The Balaban J connectivity index is 1.87. The van der Waals surface area contributed by atoms with Gasteiger partial charge >= 0.3 is 0 Å². The average Bonchev–Trinajstić information content (AvgIpc) is 2.63. The summed E-state index contributed by atoms with van der Waals surface area (Å²) >= 11 is 0. The van der Waals surface area contributed by atoms with Crippen molar-refractivity contribution in [2.45, 2.75) is 77.8 Å². The number of halogens is 1. The highest BCUT2D eigenvalue weighted by Crippen LogP contribution is 2.30. The van der Waals surface area contributed by atoms with Crippen molar-refractivity contribution in [3.63, 3.8) is 0 Å². The minimum absolute atomic E-state index is 0.0680. The Kier molecular flexibility index (Phi) is 8.47. The van der Waals surface area contributed by atoms with Gasteiger partial charge in [0.25, 0.3) is 0 Å². The third-order valence-electron chi connectivity index (χ3n) is 5.32. The molecular formula is C22H36FN3O4S. The molecule has 2 rings (SSSR count). The fraction of sp³-hybridized carbons (Fsp3) is 0.682. The summed E-state index contributed by atoms with van der Waals surface area (Å²) in [6.45, 7) is 12.2. The fourth-order valence-corrected chi connectivity index (χ4v) is 4.38. The molecule has 7 nitrogen and oxygen atoms in total. The summed E-state index contributed by atoms with van der Waals surface area (Å²) in [7, 11) is -3.39. The summed E-state index contributed by atoms with van der Waals surface area (Å²) in [6.07, 6.45) is 1.35. The molecule has 0 aliphatic carbocycles. The topological polar surface area (TPSA) is 87.7 Å². The number of sulfonamides is 1. The first-order valence-electron chi connectivity index (χ1n) is 10.8. The van der Waals surface area contributed by atoms with Gasteiger partial charge in [0, 0.05) is 37.3 Å². The first-order valence-corrected chi connectivity index (χ1v) is 12.3. The average molecular weight is 458 g/mol. The normalized spacial score (nSPS) is 20.0. The molecule has 1 aliphatic rings. The van der Waals surface area contributed by atoms with Crippen molar-refractivity contribution in [3.8, 4) is 0 Å². The number of anilines is 2. The van der Waals surface area contributed by atoms with Gasteiger partial charge in [0.2, 0.25) is 15.9 Å². The minimum Gasteiger partial charge on any atom is -0.372 e. The van der Waals surface area contributed by atoms with E-state index in [2.05, 4.69) is 14.9 Å². The maximum Gasteiger partial charge on any atom is 0.224 e. The Hall–Kier alpha value is -1.71. The van der Waals surface area contributed by atoms with Crippen molar-refractivity contribution in [2.24, 2.45) is 0 Å². The van der Waals surface area contributed by atoms with Gasteiger partial charge in [-0.2, -0.15) is 0 Å². The second-order valence-electron chi connectivity index (χ2n) is 9.25. The lowest BCUT2D eigenvalue weighted by molar-refractivity contribution is -0.116. The van der Waals surface area contributed by atoms with E-state index in [0.717, 1.165) is 5.69 Å². The van der Waals surface area contributed by atoms with Crippen molar-refractivity contribution in [2.75, 3.05) is 29.9 Å². The SMILES string of the molecule is Cc1c(N2CC(C)OC(C)C2)ccc(NC(=O)CCCCNS(=O)(=O)C(C)(C)C)c1F. The molecule has 0 aromatic heterocycles. The van der Waals surface area contributed by atoms with Gasteiger partial charge in [-0.25, -0.2) is 17.5 Å². The van der Waals surface area contributed by atoms with Gasteiger partial charge in [0.1, 0.15) is 0 Å². The molecule has 1 fully saturated rings. The fourth-order valence-electron chi connectivity index (χ4n) is 3.53. The highest BCUT2D eigenvalue weighted by molar-refractivity contribution is 7.90. The third kappa shape index (κ3) is 6.89. The zero-order valence-electron chi connectivity index (χ0n) is 19.4. The van der Waals surface area contributed by atoms with Crippen molar-refractivity contribution >= 4 is 27.3 Å². The van der Waals surface area contributed by atoms with E-state index in [1.54, 1.807) is 33.8 Å². The number of amides is 1. The van der Waals surface area contributed by atoms with Gasteiger partial charge in [-0.15, -0.1) is 0 Å². The molecule has 1 aliphatic heterocycles. The smallest absolute Gasteiger partial charge is 0.224 e. The number of rotatable bonds is 8. The van der Waals surface area contributed by atoms with E-state index in [4.69, 9.17) is 4.74 Å². The number of ether oxygens (including phenoxy) is 1. The van der Waals surface area contributed by atoms with Crippen molar-refractivity contribution in [1.82, 2.24) is 4.72 Å². The van der Waals surface area contributed by atoms with Crippen molar-refractivity contribution < 1.29 is 22.3 Å². The van der Waals surface area contributed by atoms with E-state index in [1.165, 1.54) is 0 Å². The second-order valence-corrected chi connectivity index (χ2v) is 11.8. The van der Waals surface area contributed by atoms with Gasteiger partial charge in [0.15, 0.2) is 5.82 Å². The highest BCUT2D eigenvalue weighted by Gasteiger charge is 2.28. The van der Waals surface area contributed by atoms with E-state index in [-0.39, 0.29) is 36.8 Å². The van der Waals surface area contributed by atoms with Gasteiger partial charge in [-0.1, -0.05) is 0 Å². The molecule has 1 saturated heterocycles. The summed E-state index contributed by atoms with van der Waals surface area (Å²) in [5.74, 6) is -0.728. The van der Waals surface area contributed by atoms with Gasteiger partial charge < -0.3 is 15.0 Å². The molecule has 31 heavy (non-hydrogen) atoms. The molecule has 0 bridgehead atoms. The Labute approximate surface area is 185 Å². The molecule has 0 saturated carbocycles. The van der Waals surface area contributed by atoms with Gasteiger partial charge in [0.05, 0.1) is 22.6 Å². The van der Waals surface area contributed by atoms with E-state index in [1.807, 2.05) is 19.9 Å². The lowest BCUT2D eigenvalue weighted by Gasteiger charge is -2.37. The molecule has 0 spiro atoms. The summed E-state index contributed by atoms with van der Waals surface area (Å²) in [5.41, 5.74) is 1.47. The quantitative estimate of drug-likeness (QED) is 0.583. The lowest BCUT2D eigenvalue weighted by Crippen LogP contribution is -2.45. The van der Waals surface area contributed by atoms with Gasteiger partial charge in [-0.05, 0) is 66.5 Å². The number of carbonyl (C=O) groups is 1. The Morgan fingerprint density at radius 2 is 1.81 bits per heavy atom. The number of hydrogen-bond donors (Lipinski definition) is 2. The molecule has 1 aromatic carbocycles. The molecule has 176 valence electrons. The number of hydrogen-bond acceptors (Lipinski definition) is 5. The Bertz CT molecular complexity index is 873.